The summed E-state index contributed by atoms with van der Waals surface area (Å²) in [5.74, 6) is 1.92. The summed E-state index contributed by atoms with van der Waals surface area (Å²) in [6.07, 6.45) is 7.48. The lowest BCUT2D eigenvalue weighted by Crippen LogP contribution is -2.52. The highest BCUT2D eigenvalue weighted by Crippen LogP contribution is 2.39. The number of hydrogen-bond acceptors (Lipinski definition) is 5. The number of hydrogen-bond donors (Lipinski definition) is 1. The molecule has 0 aromatic heterocycles. The van der Waals surface area contributed by atoms with E-state index in [9.17, 15) is 9.59 Å². The molecule has 2 amide bonds. The minimum Gasteiger partial charge on any atom is -0.492 e. The molecule has 2 fully saturated rings. The third-order valence-corrected chi connectivity index (χ3v) is 8.63. The maximum atomic E-state index is 13.6. The molecular weight excluding hydrogens is 490 g/mol. The minimum absolute atomic E-state index is 0.0419. The highest BCUT2D eigenvalue weighted by Gasteiger charge is 2.42. The van der Waals surface area contributed by atoms with E-state index in [4.69, 9.17) is 9.47 Å². The molecule has 210 valence electrons. The smallest absolute Gasteiger partial charge is 0.253 e. The van der Waals surface area contributed by atoms with Crippen LogP contribution in [-0.4, -0.2) is 62.1 Å². The van der Waals surface area contributed by atoms with Gasteiger partial charge in [0.25, 0.3) is 5.91 Å². The Kier molecular flexibility index (Phi) is 8.63. The van der Waals surface area contributed by atoms with Crippen molar-refractivity contribution in [2.75, 3.05) is 44.3 Å². The normalized spacial score (nSPS) is 21.8. The molecule has 39 heavy (non-hydrogen) atoms. The van der Waals surface area contributed by atoms with Gasteiger partial charge in [0.1, 0.15) is 18.1 Å². The van der Waals surface area contributed by atoms with E-state index in [2.05, 4.69) is 22.3 Å². The summed E-state index contributed by atoms with van der Waals surface area (Å²) in [5.41, 5.74) is 2.51. The number of carbonyl (C=O) groups excluding carboxylic acids is 2. The predicted molar refractivity (Wildman–Crippen MR) is 154 cm³/mol. The molecule has 1 spiro atoms. The summed E-state index contributed by atoms with van der Waals surface area (Å²) in [7, 11) is 0. The van der Waals surface area contributed by atoms with Crippen LogP contribution < -0.4 is 19.7 Å². The molecule has 3 aliphatic heterocycles. The first-order valence-corrected chi connectivity index (χ1v) is 14.8. The van der Waals surface area contributed by atoms with Gasteiger partial charge in [-0.2, -0.15) is 0 Å². The van der Waals surface area contributed by atoms with Crippen molar-refractivity contribution in [1.29, 1.82) is 0 Å². The molecule has 1 atom stereocenters. The van der Waals surface area contributed by atoms with Gasteiger partial charge in [-0.3, -0.25) is 9.59 Å². The average molecular weight is 534 g/mol. The van der Waals surface area contributed by atoms with E-state index < -0.39 is 5.41 Å². The van der Waals surface area contributed by atoms with Crippen molar-refractivity contribution in [3.8, 4) is 11.5 Å². The molecule has 3 aliphatic rings. The van der Waals surface area contributed by atoms with Gasteiger partial charge in [0.15, 0.2) is 0 Å². The van der Waals surface area contributed by atoms with Crippen LogP contribution in [0.25, 0.3) is 0 Å². The summed E-state index contributed by atoms with van der Waals surface area (Å²) in [6.45, 7) is 8.20. The predicted octanol–water partition coefficient (Wildman–Crippen LogP) is 5.22. The second kappa shape index (κ2) is 12.3. The molecule has 1 N–H and O–H groups in total. The van der Waals surface area contributed by atoms with Gasteiger partial charge in [-0.1, -0.05) is 24.6 Å². The van der Waals surface area contributed by atoms with Gasteiger partial charge in [-0.15, -0.1) is 0 Å². The maximum Gasteiger partial charge on any atom is 0.253 e. The number of rotatable bonds is 4. The first-order chi connectivity index (χ1) is 19.0. The molecule has 2 aromatic rings. The summed E-state index contributed by atoms with van der Waals surface area (Å²) in [5, 5.41) is 3.23. The molecule has 0 saturated carbocycles. The summed E-state index contributed by atoms with van der Waals surface area (Å²) < 4.78 is 12.0. The van der Waals surface area contributed by atoms with E-state index in [1.165, 1.54) is 5.56 Å². The van der Waals surface area contributed by atoms with Gasteiger partial charge in [-0.05, 0) is 88.6 Å². The van der Waals surface area contributed by atoms with Crippen molar-refractivity contribution in [2.45, 2.75) is 71.3 Å². The SMILES string of the molecule is CCOc1ccc(C(=O)N2CCC3(CCCCc4ccccc4OC[C@H](C)NC3=O)CC2)cc1N1CCCC1. The topological polar surface area (TPSA) is 71.1 Å². The van der Waals surface area contributed by atoms with Crippen LogP contribution in [0.3, 0.4) is 0 Å². The number of anilines is 1. The van der Waals surface area contributed by atoms with Gasteiger partial charge < -0.3 is 24.6 Å². The Morgan fingerprint density at radius 1 is 1.03 bits per heavy atom. The number of amides is 2. The Balaban J connectivity index is 1.27. The Hall–Kier alpha value is -3.22. The second-order valence-corrected chi connectivity index (χ2v) is 11.4. The van der Waals surface area contributed by atoms with E-state index in [-0.39, 0.29) is 17.9 Å². The number of benzene rings is 2. The van der Waals surface area contributed by atoms with E-state index in [1.807, 2.05) is 49.1 Å². The third kappa shape index (κ3) is 6.18. The van der Waals surface area contributed by atoms with Gasteiger partial charge in [-0.25, -0.2) is 0 Å². The van der Waals surface area contributed by atoms with Crippen molar-refractivity contribution >= 4 is 17.5 Å². The Morgan fingerprint density at radius 3 is 2.56 bits per heavy atom. The van der Waals surface area contributed by atoms with E-state index in [1.54, 1.807) is 0 Å². The molecule has 2 aromatic carbocycles. The monoisotopic (exact) mass is 533 g/mol. The number of aryl methyl sites for hydroxylation is 1. The molecule has 7 heteroatoms. The number of piperidine rings is 1. The lowest BCUT2D eigenvalue weighted by Gasteiger charge is -2.41. The number of nitrogens with zero attached hydrogens (tertiary/aromatic N) is 2. The number of fused-ring (bicyclic) bond motifs is 1. The lowest BCUT2D eigenvalue weighted by molar-refractivity contribution is -0.135. The largest absolute Gasteiger partial charge is 0.492 e. The number of ether oxygens (including phenoxy) is 2. The van der Waals surface area contributed by atoms with Crippen molar-refractivity contribution in [2.24, 2.45) is 5.41 Å². The molecule has 0 aliphatic carbocycles. The first kappa shape index (κ1) is 27.4. The number of carbonyl (C=O) groups is 2. The van der Waals surface area contributed by atoms with Crippen LogP contribution in [0.1, 0.15) is 74.7 Å². The average Bonchev–Trinajstić information content (AvgIpc) is 3.49. The Bertz CT molecular complexity index is 1150. The third-order valence-electron chi connectivity index (χ3n) is 8.63. The Labute approximate surface area is 232 Å². The van der Waals surface area contributed by atoms with Gasteiger partial charge >= 0.3 is 0 Å². The lowest BCUT2D eigenvalue weighted by atomic mass is 9.73. The second-order valence-electron chi connectivity index (χ2n) is 11.4. The highest BCUT2D eigenvalue weighted by atomic mass is 16.5. The van der Waals surface area contributed by atoms with Crippen LogP contribution in [0, 0.1) is 5.41 Å². The van der Waals surface area contributed by atoms with Crippen LogP contribution in [0.2, 0.25) is 0 Å². The standard InChI is InChI=1S/C32H43N3O4/c1-3-38-29-14-13-26(22-27(29)34-18-8-9-19-34)30(36)35-20-16-32(17-21-35)15-7-6-11-25-10-4-5-12-28(25)39-23-24(2)33-31(32)37/h4-5,10,12-14,22,24H,3,6-9,11,15-21,23H2,1-2H3,(H,33,37)/t24-/m0/s1. The quantitative estimate of drug-likeness (QED) is 0.584. The minimum atomic E-state index is -0.441. The molecule has 2 saturated heterocycles. The fourth-order valence-electron chi connectivity index (χ4n) is 6.31. The molecular formula is C32H43N3O4. The van der Waals surface area contributed by atoms with Crippen LogP contribution >= 0.6 is 0 Å². The zero-order valence-corrected chi connectivity index (χ0v) is 23.5. The van der Waals surface area contributed by atoms with Crippen LogP contribution in [-0.2, 0) is 11.2 Å². The molecule has 0 bridgehead atoms. The molecule has 7 nitrogen and oxygen atoms in total. The van der Waals surface area contributed by atoms with E-state index in [0.717, 1.165) is 68.8 Å². The van der Waals surface area contributed by atoms with Crippen LogP contribution in [0.15, 0.2) is 42.5 Å². The summed E-state index contributed by atoms with van der Waals surface area (Å²) in [6, 6.07) is 14.0. The summed E-state index contributed by atoms with van der Waals surface area (Å²) in [4.78, 5) is 31.5. The van der Waals surface area contributed by atoms with E-state index in [0.29, 0.717) is 44.7 Å². The molecule has 5 rings (SSSR count). The first-order valence-electron chi connectivity index (χ1n) is 14.8. The van der Waals surface area contributed by atoms with Crippen molar-refractivity contribution in [3.05, 3.63) is 53.6 Å². The van der Waals surface area contributed by atoms with Gasteiger partial charge in [0.05, 0.1) is 23.8 Å². The molecule has 3 heterocycles. The van der Waals surface area contributed by atoms with Crippen molar-refractivity contribution in [1.82, 2.24) is 10.2 Å². The van der Waals surface area contributed by atoms with Gasteiger partial charge in [0.2, 0.25) is 5.91 Å². The fraction of sp³-hybridized carbons (Fsp3) is 0.562. The maximum absolute atomic E-state index is 13.6. The fourth-order valence-corrected chi connectivity index (χ4v) is 6.31. The van der Waals surface area contributed by atoms with E-state index >= 15 is 0 Å². The zero-order valence-electron chi connectivity index (χ0n) is 23.5. The number of para-hydroxylation sites is 1. The van der Waals surface area contributed by atoms with Gasteiger partial charge in [0, 0.05) is 31.7 Å². The van der Waals surface area contributed by atoms with Crippen molar-refractivity contribution < 1.29 is 19.1 Å². The zero-order chi connectivity index (χ0) is 27.2. The van der Waals surface area contributed by atoms with Crippen molar-refractivity contribution in [3.63, 3.8) is 0 Å². The van der Waals surface area contributed by atoms with Crippen LogP contribution in [0.5, 0.6) is 11.5 Å². The Morgan fingerprint density at radius 2 is 1.79 bits per heavy atom. The number of likely N-dealkylation sites (tertiary alicyclic amines) is 1. The van der Waals surface area contributed by atoms with Crippen LogP contribution in [0.4, 0.5) is 5.69 Å². The molecule has 0 unspecified atom stereocenters. The summed E-state index contributed by atoms with van der Waals surface area (Å²) >= 11 is 0. The highest BCUT2D eigenvalue weighted by molar-refractivity contribution is 5.96. The number of nitrogens with one attached hydrogen (secondary N) is 1. The molecule has 0 radical (unpaired) electrons.